The first-order chi connectivity index (χ1) is 10.4. The lowest BCUT2D eigenvalue weighted by molar-refractivity contribution is -0.124. The van der Waals surface area contributed by atoms with E-state index in [-0.39, 0.29) is 24.4 Å². The highest BCUT2D eigenvalue weighted by molar-refractivity contribution is 5.94. The maximum Gasteiger partial charge on any atom is 0.243 e. The summed E-state index contributed by atoms with van der Waals surface area (Å²) in [6, 6.07) is 4.99. The lowest BCUT2D eigenvalue weighted by Crippen LogP contribution is -2.33. The molecule has 7 nitrogen and oxygen atoms in total. The molecule has 0 saturated carbocycles. The normalized spacial score (nSPS) is 11.5. The van der Waals surface area contributed by atoms with Crippen molar-refractivity contribution in [1.82, 2.24) is 5.32 Å². The summed E-state index contributed by atoms with van der Waals surface area (Å²) < 4.78 is 10.2. The van der Waals surface area contributed by atoms with E-state index in [4.69, 9.17) is 15.2 Å². The topological polar surface area (TPSA) is 103 Å². The number of rotatable bonds is 8. The number of ether oxygens (including phenoxy) is 2. The molecule has 1 aromatic carbocycles. The fourth-order valence-electron chi connectivity index (χ4n) is 1.71. The van der Waals surface area contributed by atoms with Crippen molar-refractivity contribution in [2.75, 3.05) is 26.1 Å². The minimum atomic E-state index is -0.329. The summed E-state index contributed by atoms with van der Waals surface area (Å²) in [6.07, 6.45) is 0.887. The van der Waals surface area contributed by atoms with E-state index in [1.54, 1.807) is 18.2 Å². The zero-order chi connectivity index (χ0) is 16.5. The summed E-state index contributed by atoms with van der Waals surface area (Å²) in [5.74, 6) is 0.603. The SMILES string of the molecule is COc1cc(NC(=O)CNC(=O)CCC(C)N)cc(OC)c1. The molecule has 0 spiro atoms. The number of anilines is 1. The minimum absolute atomic E-state index is 0.0381. The Balaban J connectivity index is 2.49. The van der Waals surface area contributed by atoms with Gasteiger partial charge in [0.05, 0.1) is 20.8 Å². The van der Waals surface area contributed by atoms with E-state index in [0.29, 0.717) is 30.0 Å². The highest BCUT2D eigenvalue weighted by atomic mass is 16.5. The van der Waals surface area contributed by atoms with Gasteiger partial charge >= 0.3 is 0 Å². The molecular weight excluding hydrogens is 286 g/mol. The van der Waals surface area contributed by atoms with E-state index in [0.717, 1.165) is 0 Å². The van der Waals surface area contributed by atoms with Gasteiger partial charge in [-0.05, 0) is 13.3 Å². The van der Waals surface area contributed by atoms with Gasteiger partial charge in [-0.1, -0.05) is 0 Å². The first-order valence-corrected chi connectivity index (χ1v) is 6.99. The molecule has 0 fully saturated rings. The number of carbonyl (C=O) groups excluding carboxylic acids is 2. The summed E-state index contributed by atoms with van der Waals surface area (Å²) in [4.78, 5) is 23.3. The number of carbonyl (C=O) groups is 2. The second-order valence-electron chi connectivity index (χ2n) is 4.94. The monoisotopic (exact) mass is 309 g/mol. The number of hydrogen-bond donors (Lipinski definition) is 3. The quantitative estimate of drug-likeness (QED) is 0.661. The van der Waals surface area contributed by atoms with Gasteiger partial charge in [0.1, 0.15) is 11.5 Å². The summed E-state index contributed by atoms with van der Waals surface area (Å²) in [5, 5.41) is 5.22. The van der Waals surface area contributed by atoms with Gasteiger partial charge < -0.3 is 25.8 Å². The lowest BCUT2D eigenvalue weighted by atomic mass is 10.2. The van der Waals surface area contributed by atoms with Crippen LogP contribution in [0.25, 0.3) is 0 Å². The van der Waals surface area contributed by atoms with E-state index in [1.807, 2.05) is 6.92 Å². The number of nitrogens with two attached hydrogens (primary N) is 1. The fraction of sp³-hybridized carbons (Fsp3) is 0.467. The summed E-state index contributed by atoms with van der Waals surface area (Å²) in [7, 11) is 3.05. The smallest absolute Gasteiger partial charge is 0.243 e. The maximum absolute atomic E-state index is 11.8. The van der Waals surface area contributed by atoms with Crippen molar-refractivity contribution in [3.05, 3.63) is 18.2 Å². The van der Waals surface area contributed by atoms with Crippen LogP contribution in [0.3, 0.4) is 0 Å². The maximum atomic E-state index is 11.8. The highest BCUT2D eigenvalue weighted by Crippen LogP contribution is 2.25. The van der Waals surface area contributed by atoms with Gasteiger partial charge in [-0.25, -0.2) is 0 Å². The predicted octanol–water partition coefficient (Wildman–Crippen LogP) is 0.886. The molecule has 7 heteroatoms. The van der Waals surface area contributed by atoms with Crippen LogP contribution >= 0.6 is 0 Å². The van der Waals surface area contributed by atoms with Gasteiger partial charge in [0.2, 0.25) is 11.8 Å². The summed E-state index contributed by atoms with van der Waals surface area (Å²) >= 11 is 0. The molecule has 1 aromatic rings. The number of hydrogen-bond acceptors (Lipinski definition) is 5. The number of methoxy groups -OCH3 is 2. The highest BCUT2D eigenvalue weighted by Gasteiger charge is 2.08. The van der Waals surface area contributed by atoms with E-state index in [1.165, 1.54) is 14.2 Å². The molecule has 122 valence electrons. The second kappa shape index (κ2) is 8.89. The Kier molecular flexibility index (Phi) is 7.18. The van der Waals surface area contributed by atoms with Crippen LogP contribution in [0.4, 0.5) is 5.69 Å². The molecule has 1 unspecified atom stereocenters. The molecule has 2 amide bonds. The summed E-state index contributed by atoms with van der Waals surface area (Å²) in [6.45, 7) is 1.73. The zero-order valence-corrected chi connectivity index (χ0v) is 13.1. The molecule has 0 aliphatic heterocycles. The van der Waals surface area contributed by atoms with Gasteiger partial charge in [-0.3, -0.25) is 9.59 Å². The van der Waals surface area contributed by atoms with Crippen molar-refractivity contribution in [1.29, 1.82) is 0 Å². The predicted molar refractivity (Wildman–Crippen MR) is 84.1 cm³/mol. The number of nitrogens with one attached hydrogen (secondary N) is 2. The van der Waals surface area contributed by atoms with Gasteiger partial charge in [0, 0.05) is 36.3 Å². The third kappa shape index (κ3) is 6.45. The van der Waals surface area contributed by atoms with Crippen molar-refractivity contribution in [3.8, 4) is 11.5 Å². The van der Waals surface area contributed by atoms with Crippen molar-refractivity contribution >= 4 is 17.5 Å². The molecule has 0 radical (unpaired) electrons. The Morgan fingerprint density at radius 3 is 2.23 bits per heavy atom. The first-order valence-electron chi connectivity index (χ1n) is 6.99. The summed E-state index contributed by atoms with van der Waals surface area (Å²) in [5.41, 5.74) is 6.10. The number of amides is 2. The number of benzene rings is 1. The third-order valence-electron chi connectivity index (χ3n) is 2.91. The van der Waals surface area contributed by atoms with E-state index in [9.17, 15) is 9.59 Å². The van der Waals surface area contributed by atoms with Crippen LogP contribution in [-0.2, 0) is 9.59 Å². The minimum Gasteiger partial charge on any atom is -0.497 e. The van der Waals surface area contributed by atoms with Crippen LogP contribution in [0, 0.1) is 0 Å². The average Bonchev–Trinajstić information content (AvgIpc) is 2.50. The van der Waals surface area contributed by atoms with Gasteiger partial charge in [0.15, 0.2) is 0 Å². The van der Waals surface area contributed by atoms with Crippen molar-refractivity contribution in [2.24, 2.45) is 5.73 Å². The first kappa shape index (κ1) is 17.8. The van der Waals surface area contributed by atoms with Gasteiger partial charge in [-0.2, -0.15) is 0 Å². The molecule has 0 aliphatic carbocycles. The van der Waals surface area contributed by atoms with Crippen LogP contribution in [-0.4, -0.2) is 38.6 Å². The average molecular weight is 309 g/mol. The third-order valence-corrected chi connectivity index (χ3v) is 2.91. The van der Waals surface area contributed by atoms with E-state index >= 15 is 0 Å². The lowest BCUT2D eigenvalue weighted by Gasteiger charge is -2.10. The van der Waals surface area contributed by atoms with Crippen molar-refractivity contribution < 1.29 is 19.1 Å². The van der Waals surface area contributed by atoms with Crippen LogP contribution < -0.4 is 25.8 Å². The van der Waals surface area contributed by atoms with Crippen molar-refractivity contribution in [2.45, 2.75) is 25.8 Å². The van der Waals surface area contributed by atoms with Crippen LogP contribution in [0.1, 0.15) is 19.8 Å². The molecule has 1 atom stereocenters. The fourth-order valence-corrected chi connectivity index (χ4v) is 1.71. The van der Waals surface area contributed by atoms with E-state index < -0.39 is 0 Å². The van der Waals surface area contributed by atoms with Gasteiger partial charge in [-0.15, -0.1) is 0 Å². The molecule has 0 bridgehead atoms. The van der Waals surface area contributed by atoms with Crippen LogP contribution in [0.2, 0.25) is 0 Å². The van der Waals surface area contributed by atoms with Crippen LogP contribution in [0.15, 0.2) is 18.2 Å². The molecule has 0 aromatic heterocycles. The molecule has 0 aliphatic rings. The molecule has 4 N–H and O–H groups in total. The van der Waals surface area contributed by atoms with E-state index in [2.05, 4.69) is 10.6 Å². The largest absolute Gasteiger partial charge is 0.497 e. The Morgan fingerprint density at radius 2 is 1.73 bits per heavy atom. The Hall–Kier alpha value is -2.28. The van der Waals surface area contributed by atoms with Crippen molar-refractivity contribution in [3.63, 3.8) is 0 Å². The zero-order valence-electron chi connectivity index (χ0n) is 13.1. The molecule has 1 rings (SSSR count). The Labute approximate surface area is 130 Å². The second-order valence-corrected chi connectivity index (χ2v) is 4.94. The molecule has 0 saturated heterocycles. The Bertz CT molecular complexity index is 495. The van der Waals surface area contributed by atoms with Crippen LogP contribution in [0.5, 0.6) is 11.5 Å². The standard InChI is InChI=1S/C15H23N3O4/c1-10(16)4-5-14(19)17-9-15(20)18-11-6-12(21-2)8-13(7-11)22-3/h6-8,10H,4-5,9,16H2,1-3H3,(H,17,19)(H,18,20). The van der Waals surface area contributed by atoms with Gasteiger partial charge in [0.25, 0.3) is 0 Å². The molecular formula is C15H23N3O4. The molecule has 0 heterocycles. The Morgan fingerprint density at radius 1 is 1.14 bits per heavy atom. The molecule has 22 heavy (non-hydrogen) atoms.